The van der Waals surface area contributed by atoms with Gasteiger partial charge in [-0.05, 0) is 47.0 Å². The van der Waals surface area contributed by atoms with Crippen LogP contribution in [0.2, 0.25) is 5.02 Å². The molecule has 0 saturated heterocycles. The number of para-hydroxylation sites is 1. The molecule has 178 valence electrons. The Balaban J connectivity index is 1.60. The topological polar surface area (TPSA) is 83.5 Å². The molecule has 0 saturated carbocycles. The Morgan fingerprint density at radius 2 is 1.36 bits per heavy atom. The summed E-state index contributed by atoms with van der Waals surface area (Å²) >= 11 is 5.98. The first-order chi connectivity index (χ1) is 17.4. The van der Waals surface area contributed by atoms with Crippen LogP contribution in [0.15, 0.2) is 109 Å². The van der Waals surface area contributed by atoms with Crippen LogP contribution in [-0.2, 0) is 4.79 Å². The normalized spacial score (nSPS) is 11.1. The van der Waals surface area contributed by atoms with Gasteiger partial charge in [-0.1, -0.05) is 90.5 Å². The number of Topliss-reactive ketones (excluding diaryl/α,β-unsaturated/α-hetero) is 1. The second-order valence-corrected chi connectivity index (χ2v) is 8.51. The number of carboxylic acids is 1. The number of halogens is 1. The van der Waals surface area contributed by atoms with E-state index in [2.05, 4.69) is 5.32 Å². The molecule has 0 unspecified atom stereocenters. The third-order valence-corrected chi connectivity index (χ3v) is 5.83. The van der Waals surface area contributed by atoms with Gasteiger partial charge in [0.05, 0.1) is 11.3 Å². The number of nitrogens with one attached hydrogen (secondary N) is 1. The molecule has 0 atom stereocenters. The number of anilines is 1. The van der Waals surface area contributed by atoms with E-state index in [0.29, 0.717) is 16.1 Å². The summed E-state index contributed by atoms with van der Waals surface area (Å²) in [5, 5.41) is 12.6. The molecule has 5 nitrogen and oxygen atoms in total. The second kappa shape index (κ2) is 11.3. The number of carbonyl (C=O) groups excluding carboxylic acids is 2. The Bertz CT molecular complexity index is 1430. The van der Waals surface area contributed by atoms with E-state index in [4.69, 9.17) is 11.6 Å². The summed E-state index contributed by atoms with van der Waals surface area (Å²) in [5.74, 6) is -1.96. The Hall–Kier alpha value is -4.48. The lowest BCUT2D eigenvalue weighted by atomic mass is 9.98. The van der Waals surface area contributed by atoms with Gasteiger partial charge in [0.1, 0.15) is 0 Å². The van der Waals surface area contributed by atoms with E-state index >= 15 is 0 Å². The third-order valence-electron chi connectivity index (χ3n) is 5.57. The van der Waals surface area contributed by atoms with Crippen molar-refractivity contribution in [3.63, 3.8) is 0 Å². The van der Waals surface area contributed by atoms with Crippen molar-refractivity contribution in [2.75, 3.05) is 5.32 Å². The molecule has 4 aromatic carbocycles. The average Bonchev–Trinajstić information content (AvgIpc) is 2.90. The molecule has 4 aromatic rings. The largest absolute Gasteiger partial charge is 0.478 e. The van der Waals surface area contributed by atoms with E-state index in [-0.39, 0.29) is 29.0 Å². The fourth-order valence-electron chi connectivity index (χ4n) is 3.69. The molecule has 0 bridgehead atoms. The molecule has 0 spiro atoms. The summed E-state index contributed by atoms with van der Waals surface area (Å²) < 4.78 is 0. The zero-order valence-electron chi connectivity index (χ0n) is 19.1. The zero-order valence-corrected chi connectivity index (χ0v) is 19.9. The van der Waals surface area contributed by atoms with E-state index in [9.17, 15) is 19.5 Å². The Morgan fingerprint density at radius 3 is 2.03 bits per heavy atom. The number of rotatable bonds is 8. The Labute approximate surface area is 213 Å². The minimum atomic E-state index is -1.16. The van der Waals surface area contributed by atoms with Crippen molar-refractivity contribution >= 4 is 41.0 Å². The van der Waals surface area contributed by atoms with Crippen molar-refractivity contribution in [3.8, 4) is 11.1 Å². The fourth-order valence-corrected chi connectivity index (χ4v) is 3.82. The van der Waals surface area contributed by atoms with Crippen LogP contribution in [0.5, 0.6) is 0 Å². The van der Waals surface area contributed by atoms with Crippen LogP contribution in [0, 0.1) is 0 Å². The molecule has 0 aromatic heterocycles. The standard InChI is InChI=1S/C30H22ClNO4/c31-25-16-10-20(11-17-25)18-24(29(34)32-27-9-5-4-8-26(27)30(35)36)19-28(33)23-14-12-22(13-15-23)21-6-2-1-3-7-21/h1-18H,19H2,(H,32,34)(H,35,36)/b24-18-. The van der Waals surface area contributed by atoms with Crippen molar-refractivity contribution < 1.29 is 19.5 Å². The van der Waals surface area contributed by atoms with E-state index in [1.807, 2.05) is 42.5 Å². The SMILES string of the molecule is O=C(Nc1ccccc1C(=O)O)/C(=C\c1ccc(Cl)cc1)CC(=O)c1ccc(-c2ccccc2)cc1. The smallest absolute Gasteiger partial charge is 0.337 e. The summed E-state index contributed by atoms with van der Waals surface area (Å²) in [6.45, 7) is 0. The lowest BCUT2D eigenvalue weighted by Gasteiger charge is -2.12. The van der Waals surface area contributed by atoms with E-state index in [1.165, 1.54) is 12.1 Å². The number of carboxylic acid groups (broad SMARTS) is 1. The van der Waals surface area contributed by atoms with Crippen molar-refractivity contribution in [3.05, 3.63) is 130 Å². The predicted octanol–water partition coefficient (Wildman–Crippen LogP) is 7.00. The van der Waals surface area contributed by atoms with Gasteiger partial charge in [0, 0.05) is 22.6 Å². The molecule has 0 radical (unpaired) electrons. The van der Waals surface area contributed by atoms with Gasteiger partial charge in [0.15, 0.2) is 5.78 Å². The van der Waals surface area contributed by atoms with Gasteiger partial charge in [0.25, 0.3) is 5.91 Å². The number of hydrogen-bond acceptors (Lipinski definition) is 3. The van der Waals surface area contributed by atoms with E-state index in [1.54, 1.807) is 54.6 Å². The Kier molecular flexibility index (Phi) is 7.73. The van der Waals surface area contributed by atoms with Crippen molar-refractivity contribution in [2.24, 2.45) is 0 Å². The van der Waals surface area contributed by atoms with Gasteiger partial charge in [-0.25, -0.2) is 4.79 Å². The van der Waals surface area contributed by atoms with Crippen LogP contribution < -0.4 is 5.32 Å². The van der Waals surface area contributed by atoms with Gasteiger partial charge in [-0.3, -0.25) is 9.59 Å². The number of aromatic carboxylic acids is 1. The van der Waals surface area contributed by atoms with Crippen molar-refractivity contribution in [1.29, 1.82) is 0 Å². The zero-order chi connectivity index (χ0) is 25.5. The summed E-state index contributed by atoms with van der Waals surface area (Å²) in [5.41, 5.74) is 3.47. The maximum Gasteiger partial charge on any atom is 0.337 e. The first kappa shape index (κ1) is 24.6. The minimum absolute atomic E-state index is 0.0421. The van der Waals surface area contributed by atoms with Crippen molar-refractivity contribution in [2.45, 2.75) is 6.42 Å². The quantitative estimate of drug-likeness (QED) is 0.203. The molecule has 36 heavy (non-hydrogen) atoms. The number of ketones is 1. The van der Waals surface area contributed by atoms with Gasteiger partial charge in [-0.2, -0.15) is 0 Å². The highest BCUT2D eigenvalue weighted by Crippen LogP contribution is 2.23. The molecule has 0 heterocycles. The maximum absolute atomic E-state index is 13.2. The molecule has 2 N–H and O–H groups in total. The van der Waals surface area contributed by atoms with Gasteiger partial charge in [0.2, 0.25) is 0 Å². The molecule has 0 fully saturated rings. The lowest BCUT2D eigenvalue weighted by Crippen LogP contribution is -2.19. The summed E-state index contributed by atoms with van der Waals surface area (Å²) in [6, 6.07) is 30.0. The van der Waals surface area contributed by atoms with Crippen molar-refractivity contribution in [1.82, 2.24) is 0 Å². The summed E-state index contributed by atoms with van der Waals surface area (Å²) in [4.78, 5) is 37.9. The number of hydrogen-bond donors (Lipinski definition) is 2. The predicted molar refractivity (Wildman–Crippen MR) is 142 cm³/mol. The highest BCUT2D eigenvalue weighted by molar-refractivity contribution is 6.30. The second-order valence-electron chi connectivity index (χ2n) is 8.07. The van der Waals surface area contributed by atoms with Gasteiger partial charge in [-0.15, -0.1) is 0 Å². The van der Waals surface area contributed by atoms with Crippen LogP contribution in [0.3, 0.4) is 0 Å². The average molecular weight is 496 g/mol. The van der Waals surface area contributed by atoms with Crippen LogP contribution in [0.1, 0.15) is 32.7 Å². The highest BCUT2D eigenvalue weighted by Gasteiger charge is 2.18. The van der Waals surface area contributed by atoms with Gasteiger partial charge >= 0.3 is 5.97 Å². The van der Waals surface area contributed by atoms with E-state index in [0.717, 1.165) is 11.1 Å². The highest BCUT2D eigenvalue weighted by atomic mass is 35.5. The van der Waals surface area contributed by atoms with Gasteiger partial charge < -0.3 is 10.4 Å². The summed E-state index contributed by atoms with van der Waals surface area (Å²) in [7, 11) is 0. The third kappa shape index (κ3) is 6.14. The first-order valence-corrected chi connectivity index (χ1v) is 11.6. The number of carbonyl (C=O) groups is 3. The Morgan fingerprint density at radius 1 is 0.750 bits per heavy atom. The molecule has 1 amide bonds. The molecule has 0 aliphatic heterocycles. The van der Waals surface area contributed by atoms with E-state index < -0.39 is 11.9 Å². The molecular formula is C30H22ClNO4. The van der Waals surface area contributed by atoms with Crippen LogP contribution in [0.25, 0.3) is 17.2 Å². The lowest BCUT2D eigenvalue weighted by molar-refractivity contribution is -0.112. The monoisotopic (exact) mass is 495 g/mol. The maximum atomic E-state index is 13.2. The first-order valence-electron chi connectivity index (χ1n) is 11.2. The van der Waals surface area contributed by atoms with Crippen LogP contribution >= 0.6 is 11.6 Å². The molecule has 0 aliphatic rings. The number of benzene rings is 4. The molecule has 4 rings (SSSR count). The molecule has 6 heteroatoms. The van der Waals surface area contributed by atoms with Crippen LogP contribution in [0.4, 0.5) is 5.69 Å². The molecule has 0 aliphatic carbocycles. The molecular weight excluding hydrogens is 474 g/mol. The number of amides is 1. The fraction of sp³-hybridized carbons (Fsp3) is 0.0333. The minimum Gasteiger partial charge on any atom is -0.478 e. The van der Waals surface area contributed by atoms with Crippen LogP contribution in [-0.4, -0.2) is 22.8 Å². The summed E-state index contributed by atoms with van der Waals surface area (Å²) in [6.07, 6.45) is 1.43.